The molecule has 0 fully saturated rings. The zero-order valence-corrected chi connectivity index (χ0v) is 10.1. The van der Waals surface area contributed by atoms with Gasteiger partial charge in [-0.15, -0.1) is 11.3 Å². The molecule has 1 aromatic heterocycles. The first-order valence-corrected chi connectivity index (χ1v) is 6.43. The second-order valence-corrected chi connectivity index (χ2v) is 4.58. The molecule has 0 aromatic carbocycles. The average Bonchev–Trinajstić information content (AvgIpc) is 2.63. The van der Waals surface area contributed by atoms with Crippen molar-refractivity contribution in [2.45, 2.75) is 32.6 Å². The number of thiazole rings is 1. The van der Waals surface area contributed by atoms with Crippen LogP contribution in [0.2, 0.25) is 0 Å². The van der Waals surface area contributed by atoms with Crippen molar-refractivity contribution >= 4 is 11.3 Å². The Labute approximate surface area is 95.6 Å². The van der Waals surface area contributed by atoms with Crippen LogP contribution in [0, 0.1) is 6.92 Å². The molecule has 3 nitrogen and oxygen atoms in total. The molecular formula is C11H20N2OS. The minimum absolute atomic E-state index is 0.320. The molecule has 0 amide bonds. The fourth-order valence-electron chi connectivity index (χ4n) is 1.43. The largest absolute Gasteiger partial charge is 0.396 e. The Morgan fingerprint density at radius 3 is 2.87 bits per heavy atom. The molecule has 4 heteroatoms. The zero-order chi connectivity index (χ0) is 10.9. The Morgan fingerprint density at radius 2 is 2.20 bits per heavy atom. The molecule has 0 spiro atoms. The number of aromatic nitrogens is 1. The fraction of sp³-hybridized carbons (Fsp3) is 0.727. The third-order valence-corrected chi connectivity index (χ3v) is 3.38. The number of aliphatic hydroxyl groups excluding tert-OH is 1. The van der Waals surface area contributed by atoms with Gasteiger partial charge < -0.3 is 10.4 Å². The van der Waals surface area contributed by atoms with Crippen LogP contribution in [0.1, 0.15) is 29.8 Å². The third kappa shape index (κ3) is 5.25. The van der Waals surface area contributed by atoms with E-state index in [1.165, 1.54) is 10.6 Å². The van der Waals surface area contributed by atoms with Crippen LogP contribution in [-0.4, -0.2) is 29.8 Å². The molecule has 1 rings (SSSR count). The number of aryl methyl sites for hydroxylation is 1. The van der Waals surface area contributed by atoms with Crippen molar-refractivity contribution in [2.75, 3.05) is 19.7 Å². The van der Waals surface area contributed by atoms with E-state index in [0.717, 1.165) is 38.8 Å². The summed E-state index contributed by atoms with van der Waals surface area (Å²) in [5, 5.41) is 12.0. The summed E-state index contributed by atoms with van der Waals surface area (Å²) >= 11 is 1.74. The number of unbranched alkanes of at least 4 members (excludes halogenated alkanes) is 2. The van der Waals surface area contributed by atoms with Crippen LogP contribution in [-0.2, 0) is 6.42 Å². The first-order valence-electron chi connectivity index (χ1n) is 5.55. The number of hydrogen-bond donors (Lipinski definition) is 2. The monoisotopic (exact) mass is 228 g/mol. The van der Waals surface area contributed by atoms with E-state index in [9.17, 15) is 0 Å². The maximum Gasteiger partial charge on any atom is 0.0797 e. The van der Waals surface area contributed by atoms with Gasteiger partial charge in [-0.2, -0.15) is 0 Å². The second kappa shape index (κ2) is 7.79. The van der Waals surface area contributed by atoms with Crippen molar-refractivity contribution in [1.29, 1.82) is 0 Å². The van der Waals surface area contributed by atoms with Gasteiger partial charge in [0.15, 0.2) is 0 Å². The van der Waals surface area contributed by atoms with Gasteiger partial charge in [-0.3, -0.25) is 0 Å². The van der Waals surface area contributed by atoms with Crippen LogP contribution in [0.5, 0.6) is 0 Å². The molecule has 0 radical (unpaired) electrons. The number of hydrogen-bond acceptors (Lipinski definition) is 4. The summed E-state index contributed by atoms with van der Waals surface area (Å²) < 4.78 is 0. The lowest BCUT2D eigenvalue weighted by atomic mass is 10.2. The SMILES string of the molecule is Cc1ncsc1CCNCCCCCO. The summed E-state index contributed by atoms with van der Waals surface area (Å²) in [5.74, 6) is 0. The second-order valence-electron chi connectivity index (χ2n) is 3.65. The Bertz CT molecular complexity index is 263. The highest BCUT2D eigenvalue weighted by molar-refractivity contribution is 7.09. The molecule has 0 saturated carbocycles. The number of nitrogens with zero attached hydrogens (tertiary/aromatic N) is 1. The van der Waals surface area contributed by atoms with Crippen LogP contribution < -0.4 is 5.32 Å². The first kappa shape index (κ1) is 12.6. The summed E-state index contributed by atoms with van der Waals surface area (Å²) in [6.45, 7) is 4.47. The molecule has 0 unspecified atom stereocenters. The Morgan fingerprint density at radius 1 is 1.33 bits per heavy atom. The zero-order valence-electron chi connectivity index (χ0n) is 9.33. The maximum absolute atomic E-state index is 8.60. The highest BCUT2D eigenvalue weighted by Gasteiger charge is 1.99. The summed E-state index contributed by atoms with van der Waals surface area (Å²) in [5.41, 5.74) is 3.08. The number of rotatable bonds is 8. The van der Waals surface area contributed by atoms with Crippen LogP contribution in [0.4, 0.5) is 0 Å². The summed E-state index contributed by atoms with van der Waals surface area (Å²) in [7, 11) is 0. The predicted molar refractivity (Wildman–Crippen MR) is 64.4 cm³/mol. The van der Waals surface area contributed by atoms with Gasteiger partial charge in [-0.1, -0.05) is 0 Å². The lowest BCUT2D eigenvalue weighted by molar-refractivity contribution is 0.283. The van der Waals surface area contributed by atoms with E-state index < -0.39 is 0 Å². The molecule has 1 aromatic rings. The van der Waals surface area contributed by atoms with Crippen molar-refractivity contribution in [1.82, 2.24) is 10.3 Å². The highest BCUT2D eigenvalue weighted by Crippen LogP contribution is 2.11. The lowest BCUT2D eigenvalue weighted by Crippen LogP contribution is -2.18. The molecule has 0 bridgehead atoms. The summed E-state index contributed by atoms with van der Waals surface area (Å²) in [4.78, 5) is 5.61. The molecule has 0 aliphatic heterocycles. The maximum atomic E-state index is 8.60. The van der Waals surface area contributed by atoms with E-state index in [-0.39, 0.29) is 0 Å². The van der Waals surface area contributed by atoms with Crippen molar-refractivity contribution in [3.05, 3.63) is 16.1 Å². The molecule has 15 heavy (non-hydrogen) atoms. The van der Waals surface area contributed by atoms with Gasteiger partial charge in [0.25, 0.3) is 0 Å². The van der Waals surface area contributed by atoms with E-state index in [0.29, 0.717) is 6.61 Å². The van der Waals surface area contributed by atoms with Crippen LogP contribution in [0.25, 0.3) is 0 Å². The number of aliphatic hydroxyl groups is 1. The van der Waals surface area contributed by atoms with Crippen molar-refractivity contribution in [3.63, 3.8) is 0 Å². The van der Waals surface area contributed by atoms with Gasteiger partial charge in [-0.25, -0.2) is 4.98 Å². The van der Waals surface area contributed by atoms with Crippen LogP contribution >= 0.6 is 11.3 Å². The molecule has 0 aliphatic rings. The molecule has 1 heterocycles. The molecule has 2 N–H and O–H groups in total. The standard InChI is InChI=1S/C11H20N2OS/c1-10-11(15-9-13-10)5-7-12-6-3-2-4-8-14/h9,12,14H,2-8H2,1H3. The molecule has 0 saturated heterocycles. The fourth-order valence-corrected chi connectivity index (χ4v) is 2.21. The minimum atomic E-state index is 0.320. The van der Waals surface area contributed by atoms with E-state index in [1.54, 1.807) is 11.3 Å². The highest BCUT2D eigenvalue weighted by atomic mass is 32.1. The van der Waals surface area contributed by atoms with Gasteiger partial charge in [0.2, 0.25) is 0 Å². The normalized spacial score (nSPS) is 10.8. The smallest absolute Gasteiger partial charge is 0.0797 e. The van der Waals surface area contributed by atoms with Gasteiger partial charge in [-0.05, 0) is 39.2 Å². The minimum Gasteiger partial charge on any atom is -0.396 e. The summed E-state index contributed by atoms with van der Waals surface area (Å²) in [6, 6.07) is 0. The van der Waals surface area contributed by atoms with Crippen LogP contribution in [0.3, 0.4) is 0 Å². The van der Waals surface area contributed by atoms with Crippen molar-refractivity contribution < 1.29 is 5.11 Å². The molecule has 0 aliphatic carbocycles. The van der Waals surface area contributed by atoms with Crippen LogP contribution in [0.15, 0.2) is 5.51 Å². The topological polar surface area (TPSA) is 45.2 Å². The quantitative estimate of drug-likeness (QED) is 0.666. The Balaban J connectivity index is 1.96. The van der Waals surface area contributed by atoms with E-state index in [4.69, 9.17) is 5.11 Å². The van der Waals surface area contributed by atoms with Gasteiger partial charge in [0.05, 0.1) is 11.2 Å². The molecule has 86 valence electrons. The van der Waals surface area contributed by atoms with E-state index in [1.807, 2.05) is 5.51 Å². The van der Waals surface area contributed by atoms with Crippen molar-refractivity contribution in [2.24, 2.45) is 0 Å². The Kier molecular flexibility index (Phi) is 6.55. The van der Waals surface area contributed by atoms with Crippen molar-refractivity contribution in [3.8, 4) is 0 Å². The van der Waals surface area contributed by atoms with E-state index >= 15 is 0 Å². The van der Waals surface area contributed by atoms with E-state index in [2.05, 4.69) is 17.2 Å². The molecule has 0 atom stereocenters. The van der Waals surface area contributed by atoms with Gasteiger partial charge in [0, 0.05) is 18.0 Å². The number of nitrogens with one attached hydrogen (secondary N) is 1. The van der Waals surface area contributed by atoms with Gasteiger partial charge in [0.1, 0.15) is 0 Å². The average molecular weight is 228 g/mol. The molecular weight excluding hydrogens is 208 g/mol. The summed E-state index contributed by atoms with van der Waals surface area (Å²) in [6.07, 6.45) is 4.28. The van der Waals surface area contributed by atoms with Gasteiger partial charge >= 0.3 is 0 Å². The third-order valence-electron chi connectivity index (χ3n) is 2.39. The lowest BCUT2D eigenvalue weighted by Gasteiger charge is -2.03. The first-order chi connectivity index (χ1) is 7.34. The predicted octanol–water partition coefficient (Wildman–Crippen LogP) is 1.75. The Hall–Kier alpha value is -0.450.